The second-order valence-electron chi connectivity index (χ2n) is 5.94. The van der Waals surface area contributed by atoms with E-state index in [9.17, 15) is 14.7 Å². The molecule has 2 aromatic carbocycles. The first-order valence-electron chi connectivity index (χ1n) is 8.07. The molecule has 0 radical (unpaired) electrons. The number of carboxylic acids is 1. The van der Waals surface area contributed by atoms with E-state index in [2.05, 4.69) is 5.32 Å². The lowest BCUT2D eigenvalue weighted by Gasteiger charge is -2.22. The highest BCUT2D eigenvalue weighted by molar-refractivity contribution is 5.93. The zero-order chi connectivity index (χ0) is 16.9. The Bertz CT molecular complexity index is 730. The third-order valence-corrected chi connectivity index (χ3v) is 4.30. The van der Waals surface area contributed by atoms with Crippen molar-refractivity contribution in [3.05, 3.63) is 65.7 Å². The van der Waals surface area contributed by atoms with Gasteiger partial charge in [-0.1, -0.05) is 48.5 Å². The van der Waals surface area contributed by atoms with Crippen LogP contribution in [0, 0.1) is 0 Å². The van der Waals surface area contributed by atoms with Gasteiger partial charge in [0.15, 0.2) is 0 Å². The Morgan fingerprint density at radius 2 is 1.79 bits per heavy atom. The number of nitrogens with one attached hydrogen (secondary N) is 1. The van der Waals surface area contributed by atoms with Gasteiger partial charge in [-0.05, 0) is 36.5 Å². The van der Waals surface area contributed by atoms with Gasteiger partial charge in [-0.3, -0.25) is 0 Å². The standard InChI is InChI=1S/C19H20N2O3/c22-18(23)17-11-6-12-21(17)19(24)20-16-10-5-4-9-15(16)13-14-7-2-1-3-8-14/h1-5,7-10,17H,6,11-13H2,(H,20,24)(H,22,23)/t17-/m1/s1. The topological polar surface area (TPSA) is 69.6 Å². The molecule has 0 aliphatic carbocycles. The fraction of sp³-hybridized carbons (Fsp3) is 0.263. The summed E-state index contributed by atoms with van der Waals surface area (Å²) < 4.78 is 0. The number of aliphatic carboxylic acids is 1. The molecule has 0 aromatic heterocycles. The number of nitrogens with zero attached hydrogens (tertiary/aromatic N) is 1. The Labute approximate surface area is 140 Å². The first-order chi connectivity index (χ1) is 11.6. The van der Waals surface area contributed by atoms with Gasteiger partial charge in [-0.2, -0.15) is 0 Å². The summed E-state index contributed by atoms with van der Waals surface area (Å²) in [4.78, 5) is 25.1. The maximum absolute atomic E-state index is 12.5. The van der Waals surface area contributed by atoms with Crippen LogP contribution in [0.15, 0.2) is 54.6 Å². The molecular formula is C19H20N2O3. The number of amides is 2. The van der Waals surface area contributed by atoms with Gasteiger partial charge in [0.05, 0.1) is 0 Å². The van der Waals surface area contributed by atoms with Crippen LogP contribution < -0.4 is 5.32 Å². The number of para-hydroxylation sites is 1. The van der Waals surface area contributed by atoms with Crippen LogP contribution in [-0.2, 0) is 11.2 Å². The van der Waals surface area contributed by atoms with Gasteiger partial charge in [0, 0.05) is 12.2 Å². The number of hydrogen-bond acceptors (Lipinski definition) is 2. The van der Waals surface area contributed by atoms with Crippen LogP contribution in [0.5, 0.6) is 0 Å². The predicted octanol–water partition coefficient (Wildman–Crippen LogP) is 3.36. The molecule has 5 nitrogen and oxygen atoms in total. The molecule has 5 heteroatoms. The minimum atomic E-state index is -0.944. The van der Waals surface area contributed by atoms with Gasteiger partial charge in [0.2, 0.25) is 0 Å². The summed E-state index contributed by atoms with van der Waals surface area (Å²) in [6.07, 6.45) is 1.93. The Kier molecular flexibility index (Phi) is 4.79. The lowest BCUT2D eigenvalue weighted by Crippen LogP contribution is -2.42. The van der Waals surface area contributed by atoms with Crippen molar-refractivity contribution >= 4 is 17.7 Å². The molecule has 1 heterocycles. The lowest BCUT2D eigenvalue weighted by molar-refractivity contribution is -0.141. The van der Waals surface area contributed by atoms with Crippen LogP contribution in [0.3, 0.4) is 0 Å². The largest absolute Gasteiger partial charge is 0.480 e. The van der Waals surface area contributed by atoms with Crippen molar-refractivity contribution in [2.45, 2.75) is 25.3 Å². The highest BCUT2D eigenvalue weighted by atomic mass is 16.4. The predicted molar refractivity (Wildman–Crippen MR) is 92.1 cm³/mol. The summed E-state index contributed by atoms with van der Waals surface area (Å²) in [6.45, 7) is 0.476. The average Bonchev–Trinajstić information content (AvgIpc) is 3.08. The van der Waals surface area contributed by atoms with E-state index in [0.29, 0.717) is 19.4 Å². The molecular weight excluding hydrogens is 304 g/mol. The Balaban J connectivity index is 1.75. The van der Waals surface area contributed by atoms with Crippen molar-refractivity contribution in [3.8, 4) is 0 Å². The summed E-state index contributed by atoms with van der Waals surface area (Å²) >= 11 is 0. The number of carbonyl (C=O) groups is 2. The second-order valence-corrected chi connectivity index (χ2v) is 5.94. The van der Waals surface area contributed by atoms with Gasteiger partial charge in [0.25, 0.3) is 0 Å². The summed E-state index contributed by atoms with van der Waals surface area (Å²) in [7, 11) is 0. The van der Waals surface area contributed by atoms with E-state index in [-0.39, 0.29) is 6.03 Å². The average molecular weight is 324 g/mol. The van der Waals surface area contributed by atoms with Crippen molar-refractivity contribution in [2.24, 2.45) is 0 Å². The molecule has 0 spiro atoms. The quantitative estimate of drug-likeness (QED) is 0.906. The fourth-order valence-corrected chi connectivity index (χ4v) is 3.07. The second kappa shape index (κ2) is 7.17. The van der Waals surface area contributed by atoms with Gasteiger partial charge >= 0.3 is 12.0 Å². The number of hydrogen-bond donors (Lipinski definition) is 2. The molecule has 1 aliphatic rings. The monoisotopic (exact) mass is 324 g/mol. The number of rotatable bonds is 4. The minimum Gasteiger partial charge on any atom is -0.480 e. The van der Waals surface area contributed by atoms with Crippen LogP contribution in [0.2, 0.25) is 0 Å². The van der Waals surface area contributed by atoms with E-state index in [1.165, 1.54) is 4.90 Å². The number of urea groups is 1. The number of benzene rings is 2. The summed E-state index contributed by atoms with van der Waals surface area (Å²) in [5.41, 5.74) is 2.88. The number of carboxylic acid groups (broad SMARTS) is 1. The molecule has 1 atom stereocenters. The third-order valence-electron chi connectivity index (χ3n) is 4.30. The maximum Gasteiger partial charge on any atom is 0.326 e. The van der Waals surface area contributed by atoms with Gasteiger partial charge in [-0.25, -0.2) is 9.59 Å². The van der Waals surface area contributed by atoms with E-state index in [1.54, 1.807) is 0 Å². The van der Waals surface area contributed by atoms with Crippen LogP contribution in [-0.4, -0.2) is 34.6 Å². The molecule has 2 aromatic rings. The van der Waals surface area contributed by atoms with Crippen LogP contribution in [0.4, 0.5) is 10.5 Å². The number of anilines is 1. The molecule has 0 unspecified atom stereocenters. The first kappa shape index (κ1) is 16.1. The van der Waals surface area contributed by atoms with E-state index >= 15 is 0 Å². The van der Waals surface area contributed by atoms with Gasteiger partial charge in [0.1, 0.15) is 6.04 Å². The minimum absolute atomic E-state index is 0.347. The fourth-order valence-electron chi connectivity index (χ4n) is 3.07. The molecule has 1 aliphatic heterocycles. The van der Waals surface area contributed by atoms with Crippen molar-refractivity contribution in [2.75, 3.05) is 11.9 Å². The zero-order valence-corrected chi connectivity index (χ0v) is 13.3. The molecule has 1 saturated heterocycles. The maximum atomic E-state index is 12.5. The summed E-state index contributed by atoms with van der Waals surface area (Å²) in [5, 5.41) is 12.1. The van der Waals surface area contributed by atoms with E-state index in [4.69, 9.17) is 0 Å². The molecule has 1 fully saturated rings. The highest BCUT2D eigenvalue weighted by Gasteiger charge is 2.34. The van der Waals surface area contributed by atoms with Crippen molar-refractivity contribution in [3.63, 3.8) is 0 Å². The summed E-state index contributed by atoms with van der Waals surface area (Å²) in [6, 6.07) is 16.6. The Hall–Kier alpha value is -2.82. The first-order valence-corrected chi connectivity index (χ1v) is 8.07. The summed E-state index contributed by atoms with van der Waals surface area (Å²) in [5.74, 6) is -0.944. The van der Waals surface area contributed by atoms with E-state index < -0.39 is 12.0 Å². The number of carbonyl (C=O) groups excluding carboxylic acids is 1. The molecule has 2 N–H and O–H groups in total. The smallest absolute Gasteiger partial charge is 0.326 e. The van der Waals surface area contributed by atoms with Gasteiger partial charge < -0.3 is 15.3 Å². The SMILES string of the molecule is O=C(O)[C@H]1CCCN1C(=O)Nc1ccccc1Cc1ccccc1. The third kappa shape index (κ3) is 3.56. The Morgan fingerprint density at radius 1 is 1.08 bits per heavy atom. The van der Waals surface area contributed by atoms with Crippen molar-refractivity contribution < 1.29 is 14.7 Å². The molecule has 124 valence electrons. The Morgan fingerprint density at radius 3 is 2.54 bits per heavy atom. The molecule has 0 bridgehead atoms. The van der Waals surface area contributed by atoms with E-state index in [0.717, 1.165) is 23.2 Å². The number of likely N-dealkylation sites (tertiary alicyclic amines) is 1. The highest BCUT2D eigenvalue weighted by Crippen LogP contribution is 2.22. The molecule has 24 heavy (non-hydrogen) atoms. The van der Waals surface area contributed by atoms with E-state index in [1.807, 2.05) is 54.6 Å². The zero-order valence-electron chi connectivity index (χ0n) is 13.3. The van der Waals surface area contributed by atoms with Crippen LogP contribution in [0.1, 0.15) is 24.0 Å². The van der Waals surface area contributed by atoms with Crippen molar-refractivity contribution in [1.82, 2.24) is 4.90 Å². The lowest BCUT2D eigenvalue weighted by atomic mass is 10.0. The van der Waals surface area contributed by atoms with Crippen LogP contribution in [0.25, 0.3) is 0 Å². The van der Waals surface area contributed by atoms with Gasteiger partial charge in [-0.15, -0.1) is 0 Å². The normalized spacial score (nSPS) is 16.8. The molecule has 2 amide bonds. The molecule has 3 rings (SSSR count). The van der Waals surface area contributed by atoms with Crippen LogP contribution >= 0.6 is 0 Å². The molecule has 0 saturated carbocycles. The van der Waals surface area contributed by atoms with Crippen molar-refractivity contribution in [1.29, 1.82) is 0 Å².